The summed E-state index contributed by atoms with van der Waals surface area (Å²) in [6.07, 6.45) is 1.45. The number of nitrogens with one attached hydrogen (secondary N) is 2. The molecule has 0 atom stereocenters. The number of esters is 1. The lowest BCUT2D eigenvalue weighted by Crippen LogP contribution is -2.03. The monoisotopic (exact) mass is 342 g/mol. The molecule has 2 aromatic heterocycles. The van der Waals surface area contributed by atoms with Gasteiger partial charge in [-0.25, -0.2) is 9.59 Å². The number of aryl methyl sites for hydroxylation is 2. The summed E-state index contributed by atoms with van der Waals surface area (Å²) >= 11 is 0. The molecule has 0 unspecified atom stereocenters. The molecule has 0 aliphatic rings. The van der Waals surface area contributed by atoms with Gasteiger partial charge in [-0.2, -0.15) is 10.5 Å². The first-order valence-electron chi connectivity index (χ1n) is 7.47. The average molecular weight is 342 g/mol. The van der Waals surface area contributed by atoms with Gasteiger partial charge in [0, 0.05) is 11.4 Å². The largest absolute Gasteiger partial charge is 0.477 e. The van der Waals surface area contributed by atoms with E-state index in [4.69, 9.17) is 15.6 Å². The number of methoxy groups -OCH3 is 1. The summed E-state index contributed by atoms with van der Waals surface area (Å²) in [7, 11) is 1.29. The van der Waals surface area contributed by atoms with Gasteiger partial charge >= 0.3 is 11.9 Å². The van der Waals surface area contributed by atoms with Crippen LogP contribution in [0.15, 0.2) is 12.1 Å². The third kappa shape index (κ3) is 4.72. The second kappa shape index (κ2) is 8.94. The Labute approximate surface area is 144 Å². The van der Waals surface area contributed by atoms with Crippen LogP contribution in [0, 0.1) is 22.7 Å². The summed E-state index contributed by atoms with van der Waals surface area (Å²) < 4.78 is 4.52. The Morgan fingerprint density at radius 1 is 1.04 bits per heavy atom. The first kappa shape index (κ1) is 19.5. The molecule has 2 aromatic rings. The number of H-pyrrole nitrogens is 2. The van der Waals surface area contributed by atoms with Crippen molar-refractivity contribution in [2.75, 3.05) is 7.11 Å². The summed E-state index contributed by atoms with van der Waals surface area (Å²) in [6, 6.07) is 6.97. The van der Waals surface area contributed by atoms with Crippen LogP contribution in [0.25, 0.3) is 0 Å². The highest BCUT2D eigenvalue weighted by atomic mass is 16.5. The maximum Gasteiger partial charge on any atom is 0.355 e. The van der Waals surface area contributed by atoms with Crippen molar-refractivity contribution in [3.8, 4) is 12.1 Å². The minimum atomic E-state index is -1.09. The van der Waals surface area contributed by atoms with Crippen LogP contribution in [0.5, 0.6) is 0 Å². The molecule has 25 heavy (non-hydrogen) atoms. The molecule has 0 aliphatic heterocycles. The van der Waals surface area contributed by atoms with Crippen LogP contribution >= 0.6 is 0 Å². The molecule has 0 saturated heterocycles. The van der Waals surface area contributed by atoms with E-state index in [2.05, 4.69) is 14.7 Å². The van der Waals surface area contributed by atoms with Gasteiger partial charge in [0.1, 0.15) is 23.5 Å². The lowest BCUT2D eigenvalue weighted by Gasteiger charge is -1.94. The Balaban J connectivity index is 0.000000251. The molecule has 130 valence electrons. The minimum absolute atomic E-state index is 0.0191. The van der Waals surface area contributed by atoms with Gasteiger partial charge in [0.05, 0.1) is 18.2 Å². The molecule has 0 spiro atoms. The van der Waals surface area contributed by atoms with E-state index < -0.39 is 11.9 Å². The van der Waals surface area contributed by atoms with E-state index in [0.29, 0.717) is 12.0 Å². The molecule has 0 fully saturated rings. The fourth-order valence-electron chi connectivity index (χ4n) is 2.01. The summed E-state index contributed by atoms with van der Waals surface area (Å²) in [5, 5.41) is 25.9. The second-order valence-electron chi connectivity index (χ2n) is 4.89. The lowest BCUT2D eigenvalue weighted by atomic mass is 10.2. The average Bonchev–Trinajstić information content (AvgIpc) is 3.24. The topological polar surface area (TPSA) is 143 Å². The number of nitrogens with zero attached hydrogens (tertiary/aromatic N) is 2. The van der Waals surface area contributed by atoms with Gasteiger partial charge in [-0.1, -0.05) is 13.8 Å². The second-order valence-corrected chi connectivity index (χ2v) is 4.89. The zero-order valence-corrected chi connectivity index (χ0v) is 14.1. The van der Waals surface area contributed by atoms with Crippen molar-refractivity contribution < 1.29 is 19.4 Å². The van der Waals surface area contributed by atoms with Gasteiger partial charge < -0.3 is 19.8 Å². The number of hydrogen-bond donors (Lipinski definition) is 3. The number of carbonyl (C=O) groups is 2. The molecule has 0 amide bonds. The molecule has 8 nitrogen and oxygen atoms in total. The van der Waals surface area contributed by atoms with Crippen molar-refractivity contribution in [1.82, 2.24) is 9.97 Å². The van der Waals surface area contributed by atoms with Crippen molar-refractivity contribution >= 4 is 11.9 Å². The molecule has 0 aliphatic carbocycles. The van der Waals surface area contributed by atoms with Gasteiger partial charge in [-0.05, 0) is 25.0 Å². The third-order valence-electron chi connectivity index (χ3n) is 3.35. The first-order chi connectivity index (χ1) is 11.9. The van der Waals surface area contributed by atoms with Crippen molar-refractivity contribution in [2.24, 2.45) is 0 Å². The number of nitriles is 2. The van der Waals surface area contributed by atoms with E-state index >= 15 is 0 Å². The maximum absolute atomic E-state index is 11.1. The van der Waals surface area contributed by atoms with E-state index in [1.54, 1.807) is 12.1 Å². The zero-order valence-electron chi connectivity index (χ0n) is 14.1. The Morgan fingerprint density at radius 3 is 1.80 bits per heavy atom. The predicted octanol–water partition coefficient (Wildman–Crippen LogP) is 2.38. The molecule has 8 heteroatoms. The van der Waals surface area contributed by atoms with Crippen LogP contribution in [0.4, 0.5) is 0 Å². The fourth-order valence-corrected chi connectivity index (χ4v) is 2.01. The van der Waals surface area contributed by atoms with E-state index in [0.717, 1.165) is 17.8 Å². The SMILES string of the molecule is CCc1cc(C#N)c(C(=O)O)[nH]1.CCc1cc(C#N)c(C(=O)OC)[nH]1. The number of hydrogen-bond acceptors (Lipinski definition) is 5. The Hall–Kier alpha value is -3.52. The Morgan fingerprint density at radius 2 is 1.48 bits per heavy atom. The molecule has 0 saturated carbocycles. The van der Waals surface area contributed by atoms with E-state index in [9.17, 15) is 9.59 Å². The van der Waals surface area contributed by atoms with Crippen molar-refractivity contribution in [2.45, 2.75) is 26.7 Å². The molecular weight excluding hydrogens is 324 g/mol. The van der Waals surface area contributed by atoms with Crippen molar-refractivity contribution in [3.05, 3.63) is 46.0 Å². The number of carbonyl (C=O) groups excluding carboxylic acids is 1. The van der Waals surface area contributed by atoms with Gasteiger partial charge in [0.2, 0.25) is 0 Å². The van der Waals surface area contributed by atoms with E-state index in [1.165, 1.54) is 7.11 Å². The highest BCUT2D eigenvalue weighted by Crippen LogP contribution is 2.11. The fraction of sp³-hybridized carbons (Fsp3) is 0.294. The first-order valence-corrected chi connectivity index (χ1v) is 7.47. The van der Waals surface area contributed by atoms with Crippen molar-refractivity contribution in [1.29, 1.82) is 10.5 Å². The number of ether oxygens (including phenoxy) is 1. The number of aromatic carboxylic acids is 1. The van der Waals surface area contributed by atoms with Crippen LogP contribution in [0.1, 0.15) is 57.3 Å². The summed E-state index contributed by atoms with van der Waals surface area (Å²) in [5.74, 6) is -1.59. The summed E-state index contributed by atoms with van der Waals surface area (Å²) in [5.41, 5.74) is 2.38. The highest BCUT2D eigenvalue weighted by Gasteiger charge is 2.14. The molecule has 2 rings (SSSR count). The summed E-state index contributed by atoms with van der Waals surface area (Å²) in [4.78, 5) is 27.1. The molecule has 0 aromatic carbocycles. The Bertz CT molecular complexity index is 849. The molecular formula is C17H18N4O4. The van der Waals surface area contributed by atoms with Crippen LogP contribution in [-0.4, -0.2) is 34.1 Å². The van der Waals surface area contributed by atoms with Gasteiger partial charge in [-0.15, -0.1) is 0 Å². The lowest BCUT2D eigenvalue weighted by molar-refractivity contribution is 0.0593. The number of rotatable bonds is 4. The molecule has 2 heterocycles. The van der Waals surface area contributed by atoms with Crippen LogP contribution < -0.4 is 0 Å². The van der Waals surface area contributed by atoms with E-state index in [-0.39, 0.29) is 17.0 Å². The number of aromatic amines is 2. The summed E-state index contributed by atoms with van der Waals surface area (Å²) in [6.45, 7) is 3.83. The highest BCUT2D eigenvalue weighted by molar-refractivity contribution is 5.90. The van der Waals surface area contributed by atoms with Crippen LogP contribution in [-0.2, 0) is 17.6 Å². The smallest absolute Gasteiger partial charge is 0.355 e. The normalized spacial score (nSPS) is 9.32. The molecule has 0 radical (unpaired) electrons. The zero-order chi connectivity index (χ0) is 19.0. The van der Waals surface area contributed by atoms with Gasteiger partial charge in [0.15, 0.2) is 0 Å². The number of carboxylic acids is 1. The van der Waals surface area contributed by atoms with E-state index in [1.807, 2.05) is 26.0 Å². The number of carboxylic acid groups (broad SMARTS) is 1. The standard InChI is InChI=1S/C9H10N2O2.C8H8N2O2/c1-3-7-4-6(5-10)8(11-7)9(12)13-2;1-2-6-3-5(4-9)7(10-6)8(11)12/h4,11H,3H2,1-2H3;3,10H,2H2,1H3,(H,11,12). The molecule has 0 bridgehead atoms. The van der Waals surface area contributed by atoms with Crippen LogP contribution in [0.3, 0.4) is 0 Å². The predicted molar refractivity (Wildman–Crippen MR) is 88.1 cm³/mol. The quantitative estimate of drug-likeness (QED) is 0.728. The van der Waals surface area contributed by atoms with Gasteiger partial charge in [-0.3, -0.25) is 0 Å². The Kier molecular flexibility index (Phi) is 6.98. The molecule has 3 N–H and O–H groups in total. The maximum atomic E-state index is 11.1. The van der Waals surface area contributed by atoms with Crippen molar-refractivity contribution in [3.63, 3.8) is 0 Å². The number of aromatic nitrogens is 2. The van der Waals surface area contributed by atoms with Gasteiger partial charge in [0.25, 0.3) is 0 Å². The van der Waals surface area contributed by atoms with Crippen LogP contribution in [0.2, 0.25) is 0 Å². The minimum Gasteiger partial charge on any atom is -0.477 e. The third-order valence-corrected chi connectivity index (χ3v) is 3.35.